The summed E-state index contributed by atoms with van der Waals surface area (Å²) in [4.78, 5) is 24.0. The standard InChI is InChI=1S/C37H55F3O10/c1-21-10-12-27-23(3)34(6,46-31-35(27)25(21)14-17-33(5,45-31)48-49-35)42-19-9-7-8-18-41-20-24-28-13-11-22(2)26-15-16-32(4)44-30(36(26,28)50-47-32)43-29(24)37(38,39)40/h21-23,25-28,30-31H,7-20H2,1-6H3/t21-,22-,23-,25+,26+,27+,28+,30-,31+,32-,33+,34+,35-,36-/m1/s1. The van der Waals surface area contributed by atoms with Crippen LogP contribution in [0.3, 0.4) is 0 Å². The van der Waals surface area contributed by atoms with Gasteiger partial charge in [0, 0.05) is 48.7 Å². The molecule has 8 heterocycles. The van der Waals surface area contributed by atoms with Crippen molar-refractivity contribution in [2.24, 2.45) is 41.4 Å². The van der Waals surface area contributed by atoms with Gasteiger partial charge in [0.25, 0.3) is 0 Å². The van der Waals surface area contributed by atoms with Crippen LogP contribution in [-0.2, 0) is 48.0 Å². The zero-order chi connectivity index (χ0) is 35.3. The number of hydrogen-bond acceptors (Lipinski definition) is 10. The highest BCUT2D eigenvalue weighted by Gasteiger charge is 2.72. The molecule has 4 bridgehead atoms. The van der Waals surface area contributed by atoms with Crippen molar-refractivity contribution in [3.8, 4) is 0 Å². The van der Waals surface area contributed by atoms with E-state index in [-0.39, 0.29) is 41.8 Å². The molecule has 14 atom stereocenters. The number of unbranched alkanes of at least 4 members (excludes halogenated alkanes) is 2. The zero-order valence-corrected chi connectivity index (χ0v) is 30.3. The Labute approximate surface area is 293 Å². The molecule has 10 rings (SSSR count). The maximum absolute atomic E-state index is 14.5. The topological polar surface area (TPSA) is 92.3 Å². The predicted molar refractivity (Wildman–Crippen MR) is 169 cm³/mol. The van der Waals surface area contributed by atoms with Crippen LogP contribution in [0.5, 0.6) is 0 Å². The Kier molecular flexibility index (Phi) is 9.00. The van der Waals surface area contributed by atoms with Crippen molar-refractivity contribution in [2.45, 2.75) is 159 Å². The highest BCUT2D eigenvalue weighted by molar-refractivity contribution is 5.28. The Morgan fingerprint density at radius 1 is 0.680 bits per heavy atom. The highest BCUT2D eigenvalue weighted by Crippen LogP contribution is 2.63. The Bertz CT molecular complexity index is 1330. The minimum atomic E-state index is -4.68. The fourth-order valence-corrected chi connectivity index (χ4v) is 11.1. The van der Waals surface area contributed by atoms with Crippen LogP contribution in [0.25, 0.3) is 0 Å². The van der Waals surface area contributed by atoms with Crippen LogP contribution in [0, 0.1) is 41.4 Å². The fraction of sp³-hybridized carbons (Fsp3) is 0.946. The van der Waals surface area contributed by atoms with E-state index in [4.69, 9.17) is 48.0 Å². The number of rotatable bonds is 9. The Hall–Kier alpha value is -1.03. The molecule has 2 spiro atoms. The summed E-state index contributed by atoms with van der Waals surface area (Å²) in [5.41, 5.74) is -1.69. The van der Waals surface area contributed by atoms with Gasteiger partial charge >= 0.3 is 6.18 Å². The number of halogens is 3. The summed E-state index contributed by atoms with van der Waals surface area (Å²) in [5.74, 6) is -3.27. The van der Waals surface area contributed by atoms with Gasteiger partial charge in [-0.25, -0.2) is 19.6 Å². The Balaban J connectivity index is 0.870. The van der Waals surface area contributed by atoms with Crippen LogP contribution in [0.4, 0.5) is 13.2 Å². The molecule has 7 saturated heterocycles. The van der Waals surface area contributed by atoms with Crippen LogP contribution in [0.1, 0.15) is 112 Å². The molecule has 0 radical (unpaired) electrons. The van der Waals surface area contributed by atoms with Gasteiger partial charge in [0.2, 0.25) is 23.6 Å². The van der Waals surface area contributed by atoms with Crippen LogP contribution >= 0.6 is 0 Å². The third-order valence-corrected chi connectivity index (χ3v) is 14.0. The zero-order valence-electron chi connectivity index (χ0n) is 30.3. The summed E-state index contributed by atoms with van der Waals surface area (Å²) in [5, 5.41) is 0. The van der Waals surface area contributed by atoms with Crippen molar-refractivity contribution in [2.75, 3.05) is 19.8 Å². The molecular weight excluding hydrogens is 661 g/mol. The van der Waals surface area contributed by atoms with Gasteiger partial charge in [-0.1, -0.05) is 20.8 Å². The van der Waals surface area contributed by atoms with E-state index < -0.39 is 59.0 Å². The molecule has 284 valence electrons. The summed E-state index contributed by atoms with van der Waals surface area (Å²) >= 11 is 0. The Morgan fingerprint density at radius 3 is 2.00 bits per heavy atom. The first kappa shape index (κ1) is 36.0. The second-order valence-electron chi connectivity index (χ2n) is 17.1. The maximum atomic E-state index is 14.5. The predicted octanol–water partition coefficient (Wildman–Crippen LogP) is 7.85. The molecule has 0 aromatic heterocycles. The van der Waals surface area contributed by atoms with E-state index in [9.17, 15) is 13.2 Å². The second-order valence-corrected chi connectivity index (χ2v) is 17.1. The van der Waals surface area contributed by atoms with E-state index in [2.05, 4.69) is 20.8 Å². The second kappa shape index (κ2) is 12.5. The average molecular weight is 717 g/mol. The summed E-state index contributed by atoms with van der Waals surface area (Å²) in [6, 6.07) is 0. The molecule has 10 nitrogen and oxygen atoms in total. The molecule has 2 aliphatic carbocycles. The first-order chi connectivity index (χ1) is 23.6. The van der Waals surface area contributed by atoms with Crippen molar-refractivity contribution in [1.82, 2.24) is 0 Å². The number of alkyl halides is 3. The summed E-state index contributed by atoms with van der Waals surface area (Å²) in [6.07, 6.45) is 2.14. The molecule has 10 aliphatic rings. The summed E-state index contributed by atoms with van der Waals surface area (Å²) < 4.78 is 80.8. The quantitative estimate of drug-likeness (QED) is 0.174. The largest absolute Gasteiger partial charge is 0.456 e. The van der Waals surface area contributed by atoms with Crippen LogP contribution < -0.4 is 0 Å². The molecule has 0 N–H and O–H groups in total. The summed E-state index contributed by atoms with van der Waals surface area (Å²) in [7, 11) is 0. The fourth-order valence-electron chi connectivity index (χ4n) is 11.1. The highest BCUT2D eigenvalue weighted by atomic mass is 19.4. The molecule has 2 saturated carbocycles. The molecule has 0 aromatic rings. The van der Waals surface area contributed by atoms with Gasteiger partial charge in [-0.15, -0.1) is 0 Å². The van der Waals surface area contributed by atoms with Gasteiger partial charge in [0.05, 0.1) is 13.2 Å². The summed E-state index contributed by atoms with van der Waals surface area (Å²) in [6.45, 7) is 12.8. The smallest absolute Gasteiger partial charge is 0.449 e. The van der Waals surface area contributed by atoms with Crippen LogP contribution in [0.15, 0.2) is 11.3 Å². The van der Waals surface area contributed by atoms with Gasteiger partial charge in [0.15, 0.2) is 23.3 Å². The lowest BCUT2D eigenvalue weighted by molar-refractivity contribution is -0.585. The maximum Gasteiger partial charge on any atom is 0.449 e. The van der Waals surface area contributed by atoms with Gasteiger partial charge in [0.1, 0.15) is 0 Å². The molecule has 9 fully saturated rings. The van der Waals surface area contributed by atoms with Crippen LogP contribution in [0.2, 0.25) is 0 Å². The average Bonchev–Trinajstić information content (AvgIpc) is 3.43. The normalized spacial score (nSPS) is 51.0. The molecule has 0 unspecified atom stereocenters. The number of hydrogen-bond donors (Lipinski definition) is 0. The third kappa shape index (κ3) is 5.53. The monoisotopic (exact) mass is 716 g/mol. The molecule has 0 aromatic carbocycles. The van der Waals surface area contributed by atoms with Crippen molar-refractivity contribution in [3.63, 3.8) is 0 Å². The first-order valence-electron chi connectivity index (χ1n) is 19.1. The molecule has 0 amide bonds. The number of allylic oxidation sites excluding steroid dienone is 1. The third-order valence-electron chi connectivity index (χ3n) is 14.0. The van der Waals surface area contributed by atoms with E-state index in [0.717, 1.165) is 51.4 Å². The molecular formula is C37H55F3O10. The minimum Gasteiger partial charge on any atom is -0.456 e. The number of ether oxygens (including phenoxy) is 6. The van der Waals surface area contributed by atoms with Crippen LogP contribution in [-0.4, -0.2) is 67.1 Å². The van der Waals surface area contributed by atoms with Gasteiger partial charge in [-0.3, -0.25) is 0 Å². The minimum absolute atomic E-state index is 0.0492. The van der Waals surface area contributed by atoms with E-state index in [1.807, 2.05) is 13.8 Å². The van der Waals surface area contributed by atoms with Crippen molar-refractivity contribution in [1.29, 1.82) is 0 Å². The van der Waals surface area contributed by atoms with Crippen molar-refractivity contribution < 1.29 is 61.1 Å². The van der Waals surface area contributed by atoms with Crippen molar-refractivity contribution >= 4 is 0 Å². The first-order valence-corrected chi connectivity index (χ1v) is 19.1. The lowest BCUT2D eigenvalue weighted by Crippen LogP contribution is -2.72. The Morgan fingerprint density at radius 2 is 1.30 bits per heavy atom. The van der Waals surface area contributed by atoms with Gasteiger partial charge in [-0.05, 0) is 96.3 Å². The SMILES string of the molecule is C[C@@H]1CC[C@H]2[C@@H](C)[C@@](C)(OCCCCCOCC3=C(C(F)(F)F)O[C@@H]4O[C@@]5(C)CC[C@H]6[C@H](C)CC[C@@H]3[C@@]46OO5)O[C@@H]3O[C@]4(C)CC[C@@H]1[C@]32OO4. The molecule has 50 heavy (non-hydrogen) atoms. The van der Waals surface area contributed by atoms with E-state index in [1.54, 1.807) is 6.92 Å². The van der Waals surface area contributed by atoms with E-state index in [0.29, 0.717) is 38.4 Å². The molecule has 8 aliphatic heterocycles. The van der Waals surface area contributed by atoms with Crippen molar-refractivity contribution in [3.05, 3.63) is 11.3 Å². The molecule has 13 heteroatoms. The van der Waals surface area contributed by atoms with E-state index in [1.165, 1.54) is 0 Å². The lowest BCUT2D eigenvalue weighted by atomic mass is 9.57. The van der Waals surface area contributed by atoms with Gasteiger partial charge < -0.3 is 28.4 Å². The van der Waals surface area contributed by atoms with E-state index >= 15 is 0 Å². The number of fused-ring (bicyclic) bond motifs is 4. The lowest BCUT2D eigenvalue weighted by Gasteiger charge is -2.62. The van der Waals surface area contributed by atoms with Gasteiger partial charge in [-0.2, -0.15) is 13.2 Å².